The van der Waals surface area contributed by atoms with Gasteiger partial charge in [0.2, 0.25) is 0 Å². The summed E-state index contributed by atoms with van der Waals surface area (Å²) in [6.07, 6.45) is 0. The molecule has 0 saturated heterocycles. The van der Waals surface area contributed by atoms with Crippen LogP contribution in [0.3, 0.4) is 0 Å². The van der Waals surface area contributed by atoms with Crippen LogP contribution >= 0.6 is 15.8 Å². The van der Waals surface area contributed by atoms with Gasteiger partial charge >= 0.3 is 68.4 Å². The molecule has 0 radical (unpaired) electrons. The Morgan fingerprint density at radius 3 is 0.833 bits per heavy atom. The third-order valence-electron chi connectivity index (χ3n) is 0. The fourth-order valence-electron chi connectivity index (χ4n) is 0. The molecule has 0 aromatic heterocycles. The summed E-state index contributed by atoms with van der Waals surface area (Å²) in [5.74, 6) is 0. The van der Waals surface area contributed by atoms with E-state index in [0.29, 0.717) is 0 Å². The van der Waals surface area contributed by atoms with Gasteiger partial charge in [-0.3, -0.25) is 0 Å². The van der Waals surface area contributed by atoms with Gasteiger partial charge in [-0.2, -0.15) is 0 Å². The van der Waals surface area contributed by atoms with Crippen LogP contribution in [-0.2, 0) is 28.6 Å². The molecule has 64 valence electrons. The molecule has 0 unspecified atom stereocenters. The van der Waals surface area contributed by atoms with Gasteiger partial charge < -0.3 is 28.7 Å². The minimum atomic E-state index is -5.64. The zero-order chi connectivity index (χ0) is 9.00. The Kier molecular flexibility index (Phi) is 19.7. The summed E-state index contributed by atoms with van der Waals surface area (Å²) >= 11 is 0. The molecule has 12 heavy (non-hydrogen) atoms. The topological polar surface area (TPSA) is 126 Å². The van der Waals surface area contributed by atoms with E-state index >= 15 is 0 Å². The molecule has 0 rings (SSSR count). The largest absolute Gasteiger partial charge is 2.00 e. The minimum Gasteiger partial charge on any atom is -0.786 e. The zero-order valence-electron chi connectivity index (χ0n) is 5.51. The third kappa shape index (κ3) is 287. The normalized spacial score (nSPS) is 9.83. The quantitative estimate of drug-likeness (QED) is 0.320. The van der Waals surface area contributed by atoms with Gasteiger partial charge in [-0.25, -0.2) is 8.39 Å². The molecule has 0 fully saturated rings. The zero-order valence-corrected chi connectivity index (χ0v) is 14.7. The van der Waals surface area contributed by atoms with Crippen molar-refractivity contribution in [1.29, 1.82) is 0 Å². The van der Waals surface area contributed by atoms with E-state index < -0.39 is 15.8 Å². The van der Waals surface area contributed by atoms with Crippen molar-refractivity contribution in [2.45, 2.75) is 0 Å². The number of hydrogen-bond donors (Lipinski definition) is 0. The molecule has 0 bridgehead atoms. The second-order valence-corrected chi connectivity index (χ2v) is 2.58. The van der Waals surface area contributed by atoms with Crippen LogP contribution in [0.1, 0.15) is 0 Å². The molecule has 0 aromatic carbocycles. The molecular formula is BaF2O6P2Zn. The molecule has 0 amide bonds. The van der Waals surface area contributed by atoms with Gasteiger partial charge in [0.1, 0.15) is 15.8 Å². The van der Waals surface area contributed by atoms with Crippen LogP contribution in [0.5, 0.6) is 0 Å². The minimum absolute atomic E-state index is 0. The van der Waals surface area contributed by atoms with Gasteiger partial charge in [0.25, 0.3) is 0 Å². The molecule has 0 aliphatic heterocycles. The first-order valence-corrected chi connectivity index (χ1v) is 4.30. The van der Waals surface area contributed by atoms with E-state index in [2.05, 4.69) is 0 Å². The summed E-state index contributed by atoms with van der Waals surface area (Å²) < 4.78 is 37.1. The van der Waals surface area contributed by atoms with Crippen LogP contribution in [-0.4, -0.2) is 48.9 Å². The Morgan fingerprint density at radius 1 is 0.833 bits per heavy atom. The van der Waals surface area contributed by atoms with Crippen LogP contribution in [0.2, 0.25) is 0 Å². The first-order valence-electron chi connectivity index (χ1n) is 1.43. The molecule has 0 aliphatic carbocycles. The van der Waals surface area contributed by atoms with Crippen molar-refractivity contribution >= 4 is 64.7 Å². The van der Waals surface area contributed by atoms with Crippen molar-refractivity contribution in [3.8, 4) is 0 Å². The first-order chi connectivity index (χ1) is 4.00. The molecule has 6 nitrogen and oxygen atoms in total. The smallest absolute Gasteiger partial charge is 0.786 e. The third-order valence-corrected chi connectivity index (χ3v) is 0. The number of hydrogen-bond acceptors (Lipinski definition) is 6. The fourth-order valence-corrected chi connectivity index (χ4v) is 0. The second kappa shape index (κ2) is 9.89. The predicted molar refractivity (Wildman–Crippen MR) is 23.2 cm³/mol. The van der Waals surface area contributed by atoms with Crippen molar-refractivity contribution in [3.63, 3.8) is 0 Å². The molecular weight excluding hydrogens is 399 g/mol. The van der Waals surface area contributed by atoms with Gasteiger partial charge in [-0.05, 0) is 0 Å². The summed E-state index contributed by atoms with van der Waals surface area (Å²) in [7, 11) is -11.3. The standard InChI is InChI=1S/Ba.2FH2O3P.Zn/c;2*1-5(2,3)4;/h;2*(H2,2,3,4);/q+2;;;+2/p-4. The molecule has 0 aromatic rings. The van der Waals surface area contributed by atoms with Crippen LogP contribution in [0.25, 0.3) is 0 Å². The summed E-state index contributed by atoms with van der Waals surface area (Å²) in [5.41, 5.74) is 0. The fraction of sp³-hybridized carbons (Fsp3) is 0. The van der Waals surface area contributed by atoms with Crippen molar-refractivity contribution in [3.05, 3.63) is 0 Å². The Hall–Kier alpha value is 2.35. The molecule has 12 heteroatoms. The average molecular weight is 399 g/mol. The summed E-state index contributed by atoms with van der Waals surface area (Å²) in [6, 6.07) is 0. The van der Waals surface area contributed by atoms with E-state index in [1.54, 1.807) is 0 Å². The van der Waals surface area contributed by atoms with E-state index in [9.17, 15) is 8.39 Å². The summed E-state index contributed by atoms with van der Waals surface area (Å²) in [6.45, 7) is 0. The van der Waals surface area contributed by atoms with Gasteiger partial charge in [0.05, 0.1) is 0 Å². The SMILES string of the molecule is O=P([O-])([O-])F.O=P([O-])([O-])F.[Ba+2].[Zn+2]. The molecule has 0 saturated carbocycles. The maximum Gasteiger partial charge on any atom is 2.00 e. The van der Waals surface area contributed by atoms with E-state index in [-0.39, 0.29) is 68.4 Å². The van der Waals surface area contributed by atoms with Crippen LogP contribution < -0.4 is 19.6 Å². The molecule has 0 N–H and O–H groups in total. The summed E-state index contributed by atoms with van der Waals surface area (Å²) in [5, 5.41) is 0. The summed E-state index contributed by atoms with van der Waals surface area (Å²) in [4.78, 5) is 33.8. The van der Waals surface area contributed by atoms with Crippen LogP contribution in [0, 0.1) is 0 Å². The number of rotatable bonds is 0. The molecule has 0 heterocycles. The first kappa shape index (κ1) is 23.9. The second-order valence-electron chi connectivity index (χ2n) is 0.861. The molecule has 0 aliphatic rings. The van der Waals surface area contributed by atoms with E-state index in [1.165, 1.54) is 0 Å². The van der Waals surface area contributed by atoms with Crippen LogP contribution in [0.4, 0.5) is 8.39 Å². The van der Waals surface area contributed by atoms with E-state index in [0.717, 1.165) is 0 Å². The Morgan fingerprint density at radius 2 is 0.833 bits per heavy atom. The molecule has 0 spiro atoms. The number of halogens is 2. The van der Waals surface area contributed by atoms with Gasteiger partial charge in [0.15, 0.2) is 0 Å². The van der Waals surface area contributed by atoms with E-state index in [4.69, 9.17) is 28.7 Å². The predicted octanol–water partition coefficient (Wildman–Crippen LogP) is -2.81. The maximum absolute atomic E-state index is 10.1. The van der Waals surface area contributed by atoms with Gasteiger partial charge in [-0.1, -0.05) is 0 Å². The van der Waals surface area contributed by atoms with E-state index in [1.807, 2.05) is 0 Å². The molecule has 0 atom stereocenters. The Bertz CT molecular complexity index is 136. The van der Waals surface area contributed by atoms with Crippen molar-refractivity contribution in [1.82, 2.24) is 0 Å². The van der Waals surface area contributed by atoms with Gasteiger partial charge in [-0.15, -0.1) is 0 Å². The van der Waals surface area contributed by atoms with Crippen molar-refractivity contribution < 1.29 is 56.6 Å². The van der Waals surface area contributed by atoms with Crippen LogP contribution in [0.15, 0.2) is 0 Å². The Labute approximate surface area is 120 Å². The van der Waals surface area contributed by atoms with Crippen molar-refractivity contribution in [2.24, 2.45) is 0 Å². The maximum atomic E-state index is 10.1. The monoisotopic (exact) mass is 398 g/mol. The van der Waals surface area contributed by atoms with Crippen molar-refractivity contribution in [2.75, 3.05) is 0 Å². The van der Waals surface area contributed by atoms with Gasteiger partial charge in [0, 0.05) is 0 Å². The Balaban J connectivity index is -0.0000000457. The average Bonchev–Trinajstić information content (AvgIpc) is 1.12.